The Morgan fingerprint density at radius 2 is 1.81 bits per heavy atom. The monoisotopic (exact) mass is 463 g/mol. The van der Waals surface area contributed by atoms with Crippen LogP contribution in [0.2, 0.25) is 0 Å². The lowest BCUT2D eigenvalue weighted by Crippen LogP contribution is -2.45. The van der Waals surface area contributed by atoms with Gasteiger partial charge in [-0.1, -0.05) is 38.1 Å². The van der Waals surface area contributed by atoms with Crippen LogP contribution in [-0.4, -0.2) is 49.7 Å². The number of benzene rings is 1. The molecule has 1 saturated heterocycles. The molecule has 6 nitrogen and oxygen atoms in total. The number of piperidine rings is 1. The van der Waals surface area contributed by atoms with E-state index in [9.17, 15) is 13.2 Å². The minimum atomic E-state index is -3.53. The molecule has 2 heterocycles. The van der Waals surface area contributed by atoms with Crippen LogP contribution < -0.4 is 5.32 Å². The molecule has 170 valence electrons. The fourth-order valence-corrected chi connectivity index (χ4v) is 6.82. The zero-order valence-corrected chi connectivity index (χ0v) is 20.3. The van der Waals surface area contributed by atoms with Crippen LogP contribution in [0.1, 0.15) is 42.7 Å². The summed E-state index contributed by atoms with van der Waals surface area (Å²) < 4.78 is 27.6. The van der Waals surface area contributed by atoms with Gasteiger partial charge in [-0.15, -0.1) is 11.3 Å². The van der Waals surface area contributed by atoms with Crippen molar-refractivity contribution in [2.24, 2.45) is 5.92 Å². The second-order valence-electron chi connectivity index (χ2n) is 8.06. The quantitative estimate of drug-likeness (QED) is 0.617. The number of nitrogens with one attached hydrogen (secondary N) is 1. The van der Waals surface area contributed by atoms with Crippen molar-refractivity contribution in [1.82, 2.24) is 14.5 Å². The zero-order chi connectivity index (χ0) is 22.4. The third-order valence-electron chi connectivity index (χ3n) is 5.86. The first kappa shape index (κ1) is 23.9. The van der Waals surface area contributed by atoms with Crippen LogP contribution in [0.5, 0.6) is 0 Å². The summed E-state index contributed by atoms with van der Waals surface area (Å²) in [6.45, 7) is 10.4. The van der Waals surface area contributed by atoms with E-state index in [2.05, 4.69) is 48.3 Å². The molecule has 1 amide bonds. The first-order valence-corrected chi connectivity index (χ1v) is 13.2. The third kappa shape index (κ3) is 6.16. The fraction of sp³-hybridized carbons (Fsp3) is 0.522. The Bertz CT molecular complexity index is 966. The van der Waals surface area contributed by atoms with E-state index in [1.807, 2.05) is 13.0 Å². The molecule has 2 aromatic rings. The summed E-state index contributed by atoms with van der Waals surface area (Å²) in [5.41, 5.74) is 2.31. The number of hydrogen-bond acceptors (Lipinski definition) is 5. The maximum atomic E-state index is 12.9. The average molecular weight is 464 g/mol. The topological polar surface area (TPSA) is 69.7 Å². The van der Waals surface area contributed by atoms with Crippen LogP contribution in [0.3, 0.4) is 0 Å². The number of sulfonamides is 1. The number of thiophene rings is 1. The second-order valence-corrected chi connectivity index (χ2v) is 11.5. The van der Waals surface area contributed by atoms with Crippen molar-refractivity contribution in [3.63, 3.8) is 0 Å². The van der Waals surface area contributed by atoms with Gasteiger partial charge in [0.2, 0.25) is 5.91 Å². The summed E-state index contributed by atoms with van der Waals surface area (Å²) in [6, 6.07) is 11.8. The van der Waals surface area contributed by atoms with Gasteiger partial charge in [-0.05, 0) is 56.1 Å². The normalized spacial score (nSPS) is 17.7. The highest BCUT2D eigenvalue weighted by atomic mass is 32.2. The van der Waals surface area contributed by atoms with Crippen LogP contribution in [0.4, 0.5) is 0 Å². The molecule has 31 heavy (non-hydrogen) atoms. The van der Waals surface area contributed by atoms with E-state index < -0.39 is 10.0 Å². The molecule has 0 spiro atoms. The van der Waals surface area contributed by atoms with E-state index >= 15 is 0 Å². The van der Waals surface area contributed by atoms with Gasteiger partial charge in [0.05, 0.1) is 5.92 Å². The molecule has 0 bridgehead atoms. The van der Waals surface area contributed by atoms with Gasteiger partial charge in [-0.25, -0.2) is 8.42 Å². The number of hydrogen-bond donors (Lipinski definition) is 1. The molecule has 1 aromatic heterocycles. The van der Waals surface area contributed by atoms with E-state index in [0.717, 1.165) is 30.1 Å². The smallest absolute Gasteiger partial charge is 0.252 e. The number of nitrogens with zero attached hydrogens (tertiary/aromatic N) is 2. The molecular weight excluding hydrogens is 430 g/mol. The van der Waals surface area contributed by atoms with E-state index in [-0.39, 0.29) is 18.4 Å². The molecule has 0 aliphatic carbocycles. The summed E-state index contributed by atoms with van der Waals surface area (Å²) in [6.07, 6.45) is 1.41. The van der Waals surface area contributed by atoms with Gasteiger partial charge >= 0.3 is 0 Å². The van der Waals surface area contributed by atoms with Crippen LogP contribution >= 0.6 is 11.3 Å². The molecule has 1 fully saturated rings. The zero-order valence-electron chi connectivity index (χ0n) is 18.6. The predicted molar refractivity (Wildman–Crippen MR) is 125 cm³/mol. The van der Waals surface area contributed by atoms with Crippen LogP contribution in [-0.2, 0) is 27.9 Å². The van der Waals surface area contributed by atoms with E-state index in [4.69, 9.17) is 0 Å². The molecule has 1 aliphatic heterocycles. The number of amides is 1. The number of aryl methyl sites for hydroxylation is 1. The van der Waals surface area contributed by atoms with Gasteiger partial charge in [0.25, 0.3) is 10.0 Å². The molecule has 1 atom stereocenters. The summed E-state index contributed by atoms with van der Waals surface area (Å²) >= 11 is 1.28. The standard InChI is InChI=1S/C23H33N3O3S2/c1-4-25(5-2)16-20-11-9-19(10-12-20)15-24-23(27)21-7-6-14-26(17-21)31(28,29)22-13-8-18(3)30-22/h8-13,21H,4-7,14-17H2,1-3H3,(H,24,27). The third-order valence-corrected chi connectivity index (χ3v) is 9.19. The Balaban J connectivity index is 1.54. The van der Waals surface area contributed by atoms with Gasteiger partial charge in [0, 0.05) is 31.1 Å². The highest BCUT2D eigenvalue weighted by Crippen LogP contribution is 2.28. The Morgan fingerprint density at radius 1 is 1.13 bits per heavy atom. The van der Waals surface area contributed by atoms with Crippen molar-refractivity contribution in [3.8, 4) is 0 Å². The average Bonchev–Trinajstić information content (AvgIpc) is 3.24. The number of carbonyl (C=O) groups excluding carboxylic acids is 1. The summed E-state index contributed by atoms with van der Waals surface area (Å²) in [5, 5.41) is 3.00. The Morgan fingerprint density at radius 3 is 2.42 bits per heavy atom. The van der Waals surface area contributed by atoms with Crippen molar-refractivity contribution >= 4 is 27.3 Å². The van der Waals surface area contributed by atoms with Gasteiger partial charge in [-0.3, -0.25) is 9.69 Å². The molecule has 1 aliphatic rings. The summed E-state index contributed by atoms with van der Waals surface area (Å²) in [4.78, 5) is 16.1. The first-order chi connectivity index (χ1) is 14.8. The molecule has 0 radical (unpaired) electrons. The molecule has 1 unspecified atom stereocenters. The minimum Gasteiger partial charge on any atom is -0.352 e. The summed E-state index contributed by atoms with van der Waals surface area (Å²) in [5.74, 6) is -0.388. The van der Waals surface area contributed by atoms with Gasteiger partial charge in [0.15, 0.2) is 0 Å². The minimum absolute atomic E-state index is 0.0746. The largest absolute Gasteiger partial charge is 0.352 e. The van der Waals surface area contributed by atoms with Crippen molar-refractivity contribution in [3.05, 3.63) is 52.4 Å². The predicted octanol–water partition coefficient (Wildman–Crippen LogP) is 3.62. The fourth-order valence-electron chi connectivity index (χ4n) is 3.85. The molecule has 3 rings (SSSR count). The highest BCUT2D eigenvalue weighted by Gasteiger charge is 2.33. The van der Waals surface area contributed by atoms with Gasteiger partial charge in [0.1, 0.15) is 4.21 Å². The lowest BCUT2D eigenvalue weighted by molar-refractivity contribution is -0.126. The lowest BCUT2D eigenvalue weighted by atomic mass is 9.98. The van der Waals surface area contributed by atoms with Crippen molar-refractivity contribution in [2.75, 3.05) is 26.2 Å². The number of carbonyl (C=O) groups is 1. The molecule has 0 saturated carbocycles. The second kappa shape index (κ2) is 10.7. The Labute approximate surface area is 190 Å². The Hall–Kier alpha value is -1.74. The first-order valence-electron chi connectivity index (χ1n) is 11.0. The van der Waals surface area contributed by atoms with Crippen molar-refractivity contribution in [2.45, 2.75) is 50.9 Å². The van der Waals surface area contributed by atoms with Gasteiger partial charge < -0.3 is 5.32 Å². The van der Waals surface area contributed by atoms with Crippen LogP contribution in [0.25, 0.3) is 0 Å². The summed E-state index contributed by atoms with van der Waals surface area (Å²) in [7, 11) is -3.53. The highest BCUT2D eigenvalue weighted by molar-refractivity contribution is 7.91. The maximum absolute atomic E-state index is 12.9. The molecular formula is C23H33N3O3S2. The number of rotatable bonds is 9. The van der Waals surface area contributed by atoms with Crippen molar-refractivity contribution < 1.29 is 13.2 Å². The van der Waals surface area contributed by atoms with E-state index in [0.29, 0.717) is 30.1 Å². The SMILES string of the molecule is CCN(CC)Cc1ccc(CNC(=O)C2CCCN(S(=O)(=O)c3ccc(C)s3)C2)cc1. The van der Waals surface area contributed by atoms with Gasteiger partial charge in [-0.2, -0.15) is 4.31 Å². The van der Waals surface area contributed by atoms with Crippen molar-refractivity contribution in [1.29, 1.82) is 0 Å². The molecule has 1 N–H and O–H groups in total. The van der Waals surface area contributed by atoms with Crippen LogP contribution in [0.15, 0.2) is 40.6 Å². The van der Waals surface area contributed by atoms with E-state index in [1.165, 1.54) is 21.2 Å². The van der Waals surface area contributed by atoms with Crippen LogP contribution in [0, 0.1) is 12.8 Å². The lowest BCUT2D eigenvalue weighted by Gasteiger charge is -2.30. The molecule has 8 heteroatoms. The Kier molecular flexibility index (Phi) is 8.27. The molecule has 1 aromatic carbocycles. The van der Waals surface area contributed by atoms with E-state index in [1.54, 1.807) is 6.07 Å². The maximum Gasteiger partial charge on any atom is 0.252 e.